The lowest BCUT2D eigenvalue weighted by molar-refractivity contribution is 0.100. The van der Waals surface area contributed by atoms with E-state index in [-0.39, 0.29) is 29.3 Å². The number of hydrogen-bond donors (Lipinski definition) is 4. The Bertz CT molecular complexity index is 1350. The fourth-order valence-corrected chi connectivity index (χ4v) is 4.55. The zero-order valence-electron chi connectivity index (χ0n) is 19.2. The van der Waals surface area contributed by atoms with Crippen molar-refractivity contribution in [2.75, 3.05) is 10.6 Å². The van der Waals surface area contributed by atoms with Gasteiger partial charge in [0.1, 0.15) is 5.82 Å². The van der Waals surface area contributed by atoms with E-state index in [0.717, 1.165) is 48.2 Å². The number of benzene rings is 2. The first kappa shape index (κ1) is 22.8. The molecular formula is C26H28FN7O. The van der Waals surface area contributed by atoms with Gasteiger partial charge in [-0.1, -0.05) is 43.2 Å². The summed E-state index contributed by atoms with van der Waals surface area (Å²) in [6.07, 6.45) is 5.60. The van der Waals surface area contributed by atoms with Crippen LogP contribution in [0.3, 0.4) is 0 Å². The van der Waals surface area contributed by atoms with Crippen LogP contribution in [0, 0.1) is 5.82 Å². The highest BCUT2D eigenvalue weighted by molar-refractivity contribution is 5.99. The van der Waals surface area contributed by atoms with Gasteiger partial charge in [-0.05, 0) is 42.7 Å². The van der Waals surface area contributed by atoms with Gasteiger partial charge in [0.05, 0.1) is 23.8 Å². The molecule has 1 amide bonds. The summed E-state index contributed by atoms with van der Waals surface area (Å²) in [5.41, 5.74) is 14.4. The predicted molar refractivity (Wildman–Crippen MR) is 135 cm³/mol. The van der Waals surface area contributed by atoms with Gasteiger partial charge in [-0.25, -0.2) is 9.37 Å². The van der Waals surface area contributed by atoms with Crippen LogP contribution in [0.5, 0.6) is 0 Å². The van der Waals surface area contributed by atoms with E-state index >= 15 is 0 Å². The highest BCUT2D eigenvalue weighted by atomic mass is 19.1. The van der Waals surface area contributed by atoms with Gasteiger partial charge in [-0.2, -0.15) is 5.10 Å². The molecule has 180 valence electrons. The maximum Gasteiger partial charge on any atom is 0.252 e. The molecule has 5 rings (SSSR count). The monoisotopic (exact) mass is 473 g/mol. The second-order valence-electron chi connectivity index (χ2n) is 8.96. The average Bonchev–Trinajstić information content (AvgIpc) is 3.24. The molecule has 9 heteroatoms. The molecule has 0 saturated heterocycles. The van der Waals surface area contributed by atoms with Crippen molar-refractivity contribution in [3.05, 3.63) is 77.7 Å². The number of primary amides is 1. The molecule has 35 heavy (non-hydrogen) atoms. The van der Waals surface area contributed by atoms with Crippen molar-refractivity contribution in [1.29, 1.82) is 0 Å². The molecule has 2 aromatic heterocycles. The third-order valence-corrected chi connectivity index (χ3v) is 6.47. The number of fused-ring (bicyclic) bond motifs is 1. The number of halogens is 1. The number of nitrogens with two attached hydrogens (primary N) is 2. The highest BCUT2D eigenvalue weighted by Gasteiger charge is 2.24. The van der Waals surface area contributed by atoms with Crippen molar-refractivity contribution in [1.82, 2.24) is 14.8 Å². The summed E-state index contributed by atoms with van der Waals surface area (Å²) in [4.78, 5) is 16.5. The molecule has 1 aliphatic carbocycles. The molecule has 2 heterocycles. The van der Waals surface area contributed by atoms with Crippen LogP contribution in [0.2, 0.25) is 0 Å². The number of amides is 1. The van der Waals surface area contributed by atoms with Gasteiger partial charge in [-0.15, -0.1) is 0 Å². The third-order valence-electron chi connectivity index (χ3n) is 6.47. The molecule has 0 radical (unpaired) electrons. The molecule has 8 nitrogen and oxygen atoms in total. The lowest BCUT2D eigenvalue weighted by atomic mass is 9.91. The Balaban J connectivity index is 1.45. The van der Waals surface area contributed by atoms with Crippen molar-refractivity contribution in [3.8, 4) is 0 Å². The number of pyridine rings is 1. The van der Waals surface area contributed by atoms with E-state index in [4.69, 9.17) is 11.5 Å². The molecule has 1 saturated carbocycles. The van der Waals surface area contributed by atoms with Crippen LogP contribution in [0.15, 0.2) is 60.8 Å². The Morgan fingerprint density at radius 2 is 1.89 bits per heavy atom. The van der Waals surface area contributed by atoms with Crippen LogP contribution in [0.4, 0.5) is 21.7 Å². The lowest BCUT2D eigenvalue weighted by Crippen LogP contribution is -2.43. The van der Waals surface area contributed by atoms with E-state index in [1.807, 2.05) is 59.4 Å². The molecule has 0 bridgehead atoms. The maximum atomic E-state index is 14.8. The van der Waals surface area contributed by atoms with Crippen LogP contribution < -0.4 is 22.1 Å². The first-order valence-electron chi connectivity index (χ1n) is 11.8. The van der Waals surface area contributed by atoms with Crippen LogP contribution in [0.1, 0.15) is 41.6 Å². The van der Waals surface area contributed by atoms with Crippen molar-refractivity contribution < 1.29 is 9.18 Å². The third kappa shape index (κ3) is 4.95. The topological polar surface area (TPSA) is 124 Å². The van der Waals surface area contributed by atoms with Crippen LogP contribution in [-0.2, 0) is 6.54 Å². The summed E-state index contributed by atoms with van der Waals surface area (Å²) < 4.78 is 16.7. The van der Waals surface area contributed by atoms with Crippen molar-refractivity contribution in [2.24, 2.45) is 11.5 Å². The number of carbonyl (C=O) groups excluding carboxylic acids is 1. The van der Waals surface area contributed by atoms with Crippen LogP contribution in [0.25, 0.3) is 10.9 Å². The number of nitrogens with one attached hydrogen (secondary N) is 2. The summed E-state index contributed by atoms with van der Waals surface area (Å²) in [7, 11) is 0. The van der Waals surface area contributed by atoms with Gasteiger partial charge in [0.25, 0.3) is 5.91 Å². The summed E-state index contributed by atoms with van der Waals surface area (Å²) >= 11 is 0. The zero-order chi connectivity index (χ0) is 24.4. The van der Waals surface area contributed by atoms with E-state index < -0.39 is 11.7 Å². The fraction of sp³-hybridized carbons (Fsp3) is 0.269. The smallest absolute Gasteiger partial charge is 0.252 e. The van der Waals surface area contributed by atoms with E-state index in [2.05, 4.69) is 20.7 Å². The van der Waals surface area contributed by atoms with Crippen molar-refractivity contribution >= 4 is 34.1 Å². The van der Waals surface area contributed by atoms with Gasteiger partial charge >= 0.3 is 0 Å². The van der Waals surface area contributed by atoms with Crippen molar-refractivity contribution in [3.63, 3.8) is 0 Å². The summed E-state index contributed by atoms with van der Waals surface area (Å²) in [5.74, 6) is -1.18. The Labute approximate surface area is 202 Å². The molecular weight excluding hydrogens is 445 g/mol. The minimum Gasteiger partial charge on any atom is -0.365 e. The van der Waals surface area contributed by atoms with E-state index in [0.29, 0.717) is 12.2 Å². The van der Waals surface area contributed by atoms with Gasteiger partial charge in [0, 0.05) is 23.2 Å². The Hall–Kier alpha value is -3.98. The number of anilines is 3. The lowest BCUT2D eigenvalue weighted by Gasteiger charge is -2.30. The molecule has 4 aromatic rings. The number of carbonyl (C=O) groups is 1. The number of hydrogen-bond acceptors (Lipinski definition) is 6. The summed E-state index contributed by atoms with van der Waals surface area (Å²) in [6.45, 7) is 0.616. The first-order chi connectivity index (χ1) is 17.0. The largest absolute Gasteiger partial charge is 0.365 e. The Morgan fingerprint density at radius 1 is 1.09 bits per heavy atom. The molecule has 0 spiro atoms. The average molecular weight is 474 g/mol. The molecule has 1 aliphatic rings. The van der Waals surface area contributed by atoms with E-state index in [9.17, 15) is 9.18 Å². The minimum atomic E-state index is -0.769. The molecule has 2 atom stereocenters. The first-order valence-corrected chi connectivity index (χ1v) is 11.8. The highest BCUT2D eigenvalue weighted by Crippen LogP contribution is 2.28. The van der Waals surface area contributed by atoms with Crippen molar-refractivity contribution in [2.45, 2.75) is 44.3 Å². The Morgan fingerprint density at radius 3 is 2.66 bits per heavy atom. The zero-order valence-corrected chi connectivity index (χ0v) is 19.2. The second kappa shape index (κ2) is 9.71. The van der Waals surface area contributed by atoms with Gasteiger partial charge in [0.2, 0.25) is 0 Å². The van der Waals surface area contributed by atoms with Gasteiger partial charge in [0.15, 0.2) is 11.6 Å². The minimum absolute atomic E-state index is 0.0288. The maximum absolute atomic E-state index is 14.8. The normalized spacial score (nSPS) is 17.9. The molecule has 1 fully saturated rings. The standard InChI is InChI=1S/C26H28FN7O/c27-20-13-19(24(29)35)25(33-26(20)32-22-9-5-4-8-21(22)28)31-18-11-10-17-14-30-34(23(17)12-18)15-16-6-2-1-3-7-16/h1-3,6-7,10-14,21-22H,4-5,8-9,15,28H2,(H2,29,35)(H2,31,32,33). The number of aromatic nitrogens is 3. The molecule has 2 unspecified atom stereocenters. The molecule has 0 aliphatic heterocycles. The van der Waals surface area contributed by atoms with Crippen LogP contribution >= 0.6 is 0 Å². The van der Waals surface area contributed by atoms with Gasteiger partial charge < -0.3 is 22.1 Å². The summed E-state index contributed by atoms with van der Waals surface area (Å²) in [6, 6.07) is 16.7. The summed E-state index contributed by atoms with van der Waals surface area (Å²) in [5, 5.41) is 11.8. The Kier molecular flexibility index (Phi) is 6.33. The fourth-order valence-electron chi connectivity index (χ4n) is 4.55. The molecule has 6 N–H and O–H groups in total. The SMILES string of the molecule is NC(=O)c1cc(F)c(NC2CCCCC2N)nc1Nc1ccc2cnn(Cc3ccccc3)c2c1. The second-order valence-corrected chi connectivity index (χ2v) is 8.96. The molecule has 2 aromatic carbocycles. The quantitative estimate of drug-likeness (QED) is 0.320. The predicted octanol–water partition coefficient (Wildman–Crippen LogP) is 4.14. The van der Waals surface area contributed by atoms with E-state index in [1.165, 1.54) is 0 Å². The van der Waals surface area contributed by atoms with E-state index in [1.54, 1.807) is 0 Å². The van der Waals surface area contributed by atoms with Crippen LogP contribution in [-0.4, -0.2) is 32.8 Å². The van der Waals surface area contributed by atoms with Gasteiger partial charge in [-0.3, -0.25) is 9.48 Å². The number of nitrogens with zero attached hydrogens (tertiary/aromatic N) is 3. The number of rotatable bonds is 7.